The zero-order valence-electron chi connectivity index (χ0n) is 9.53. The van der Waals surface area contributed by atoms with Gasteiger partial charge in [0.1, 0.15) is 11.5 Å². The summed E-state index contributed by atoms with van der Waals surface area (Å²) in [6, 6.07) is 3.35. The van der Waals surface area contributed by atoms with Crippen LogP contribution in [-0.4, -0.2) is 23.0 Å². The standard InChI is InChI=1S/C10H9Cl2N3O2S/c1-16-7-4-6(8(17-2)3-5(7)11)13-10-9(12)14-18-15-10/h3-4H,1-2H3,(H,13,15). The molecule has 2 aromatic rings. The van der Waals surface area contributed by atoms with Gasteiger partial charge in [0.15, 0.2) is 11.0 Å². The van der Waals surface area contributed by atoms with Crippen LogP contribution in [0.15, 0.2) is 12.1 Å². The highest BCUT2D eigenvalue weighted by Gasteiger charge is 2.13. The quantitative estimate of drug-likeness (QED) is 0.935. The molecule has 0 aliphatic heterocycles. The Bertz CT molecular complexity index is 562. The van der Waals surface area contributed by atoms with Gasteiger partial charge in [0.05, 0.1) is 36.7 Å². The van der Waals surface area contributed by atoms with Gasteiger partial charge in [-0.15, -0.1) is 0 Å². The zero-order valence-corrected chi connectivity index (χ0v) is 11.9. The first-order chi connectivity index (χ1) is 8.65. The minimum Gasteiger partial charge on any atom is -0.495 e. The number of hydrogen-bond donors (Lipinski definition) is 1. The predicted molar refractivity (Wildman–Crippen MR) is 72.8 cm³/mol. The molecule has 0 unspecified atom stereocenters. The van der Waals surface area contributed by atoms with Crippen LogP contribution in [0.25, 0.3) is 0 Å². The Balaban J connectivity index is 2.39. The molecule has 0 fully saturated rings. The molecular weight excluding hydrogens is 297 g/mol. The molecule has 1 aromatic heterocycles. The lowest BCUT2D eigenvalue weighted by molar-refractivity contribution is 0.405. The minimum atomic E-state index is 0.302. The average Bonchev–Trinajstić information content (AvgIpc) is 2.76. The molecule has 0 aliphatic rings. The Morgan fingerprint density at radius 1 is 1.11 bits per heavy atom. The van der Waals surface area contributed by atoms with Gasteiger partial charge in [-0.1, -0.05) is 23.2 Å². The van der Waals surface area contributed by atoms with E-state index in [0.29, 0.717) is 33.2 Å². The van der Waals surface area contributed by atoms with Crippen molar-refractivity contribution < 1.29 is 9.47 Å². The van der Waals surface area contributed by atoms with Gasteiger partial charge in [-0.3, -0.25) is 0 Å². The van der Waals surface area contributed by atoms with E-state index in [-0.39, 0.29) is 0 Å². The van der Waals surface area contributed by atoms with Crippen LogP contribution < -0.4 is 14.8 Å². The fourth-order valence-electron chi connectivity index (χ4n) is 1.34. The van der Waals surface area contributed by atoms with Gasteiger partial charge in [0.25, 0.3) is 0 Å². The van der Waals surface area contributed by atoms with Crippen LogP contribution in [0, 0.1) is 0 Å². The number of methoxy groups -OCH3 is 2. The SMILES string of the molecule is COc1cc(Nc2nsnc2Cl)c(OC)cc1Cl. The number of hydrogen-bond acceptors (Lipinski definition) is 6. The second-order valence-corrected chi connectivity index (χ2v) is 4.51. The summed E-state index contributed by atoms with van der Waals surface area (Å²) < 4.78 is 18.3. The van der Waals surface area contributed by atoms with Crippen molar-refractivity contribution in [3.63, 3.8) is 0 Å². The van der Waals surface area contributed by atoms with Gasteiger partial charge in [-0.2, -0.15) is 8.75 Å². The first-order valence-corrected chi connectivity index (χ1v) is 6.31. The summed E-state index contributed by atoms with van der Waals surface area (Å²) in [5.41, 5.74) is 0.647. The fourth-order valence-corrected chi connectivity index (χ4v) is 2.21. The Kier molecular flexibility index (Phi) is 4.11. The molecule has 0 amide bonds. The average molecular weight is 306 g/mol. The molecule has 0 spiro atoms. The maximum absolute atomic E-state index is 6.01. The molecule has 0 bridgehead atoms. The number of anilines is 2. The van der Waals surface area contributed by atoms with Gasteiger partial charge in [-0.05, 0) is 0 Å². The largest absolute Gasteiger partial charge is 0.495 e. The van der Waals surface area contributed by atoms with E-state index in [1.165, 1.54) is 7.11 Å². The molecule has 0 saturated carbocycles. The predicted octanol–water partition coefficient (Wildman–Crippen LogP) is 3.61. The maximum Gasteiger partial charge on any atom is 0.187 e. The first kappa shape index (κ1) is 13.2. The van der Waals surface area contributed by atoms with E-state index in [4.69, 9.17) is 32.7 Å². The molecule has 1 aromatic carbocycles. The van der Waals surface area contributed by atoms with Crippen molar-refractivity contribution >= 4 is 46.4 Å². The summed E-state index contributed by atoms with van der Waals surface area (Å²) >= 11 is 12.9. The number of benzene rings is 1. The molecule has 0 radical (unpaired) electrons. The number of nitrogens with zero attached hydrogens (tertiary/aromatic N) is 2. The second kappa shape index (κ2) is 5.60. The van der Waals surface area contributed by atoms with Crippen molar-refractivity contribution in [1.29, 1.82) is 0 Å². The van der Waals surface area contributed by atoms with Crippen molar-refractivity contribution in [2.24, 2.45) is 0 Å². The topological polar surface area (TPSA) is 56.3 Å². The Morgan fingerprint density at radius 2 is 1.83 bits per heavy atom. The monoisotopic (exact) mass is 305 g/mol. The van der Waals surface area contributed by atoms with Gasteiger partial charge < -0.3 is 14.8 Å². The highest BCUT2D eigenvalue weighted by Crippen LogP contribution is 2.37. The van der Waals surface area contributed by atoms with Gasteiger partial charge in [-0.25, -0.2) is 0 Å². The minimum absolute atomic E-state index is 0.302. The van der Waals surface area contributed by atoms with Crippen molar-refractivity contribution in [3.05, 3.63) is 22.3 Å². The lowest BCUT2D eigenvalue weighted by Crippen LogP contribution is -1.97. The van der Waals surface area contributed by atoms with Crippen molar-refractivity contribution in [1.82, 2.24) is 8.75 Å². The Hall–Kier alpha value is -1.24. The number of aromatic nitrogens is 2. The second-order valence-electron chi connectivity index (χ2n) is 3.22. The molecule has 1 N–H and O–H groups in total. The Labute approximate surface area is 118 Å². The normalized spacial score (nSPS) is 10.2. The molecule has 8 heteroatoms. The summed E-state index contributed by atoms with van der Waals surface area (Å²) in [4.78, 5) is 0. The maximum atomic E-state index is 6.01. The van der Waals surface area contributed by atoms with E-state index in [1.54, 1.807) is 19.2 Å². The smallest absolute Gasteiger partial charge is 0.187 e. The molecular formula is C10H9Cl2N3O2S. The third kappa shape index (κ3) is 2.60. The molecule has 18 heavy (non-hydrogen) atoms. The van der Waals surface area contributed by atoms with Crippen LogP contribution in [0.4, 0.5) is 11.5 Å². The summed E-state index contributed by atoms with van der Waals surface area (Å²) in [5.74, 6) is 1.55. The van der Waals surface area contributed by atoms with Crippen LogP contribution in [0.3, 0.4) is 0 Å². The van der Waals surface area contributed by atoms with E-state index in [1.807, 2.05) is 0 Å². The molecule has 5 nitrogen and oxygen atoms in total. The molecule has 0 saturated heterocycles. The van der Waals surface area contributed by atoms with Gasteiger partial charge in [0.2, 0.25) is 0 Å². The summed E-state index contributed by atoms with van der Waals surface area (Å²) in [6.07, 6.45) is 0. The van der Waals surface area contributed by atoms with E-state index < -0.39 is 0 Å². The van der Waals surface area contributed by atoms with Crippen molar-refractivity contribution in [3.8, 4) is 11.5 Å². The van der Waals surface area contributed by atoms with Crippen LogP contribution in [0.5, 0.6) is 11.5 Å². The highest BCUT2D eigenvalue weighted by atomic mass is 35.5. The van der Waals surface area contributed by atoms with E-state index >= 15 is 0 Å². The van der Waals surface area contributed by atoms with Crippen LogP contribution in [0.2, 0.25) is 10.2 Å². The molecule has 2 rings (SSSR count). The van der Waals surface area contributed by atoms with E-state index in [0.717, 1.165) is 11.7 Å². The number of halogens is 2. The third-order valence-electron chi connectivity index (χ3n) is 2.18. The molecule has 0 aliphatic carbocycles. The fraction of sp³-hybridized carbons (Fsp3) is 0.200. The van der Waals surface area contributed by atoms with Crippen LogP contribution in [0.1, 0.15) is 0 Å². The molecule has 0 atom stereocenters. The van der Waals surface area contributed by atoms with Crippen molar-refractivity contribution in [2.45, 2.75) is 0 Å². The van der Waals surface area contributed by atoms with Gasteiger partial charge in [0, 0.05) is 12.1 Å². The zero-order chi connectivity index (χ0) is 13.1. The van der Waals surface area contributed by atoms with Crippen molar-refractivity contribution in [2.75, 3.05) is 19.5 Å². The summed E-state index contributed by atoms with van der Waals surface area (Å²) in [6.45, 7) is 0. The Morgan fingerprint density at radius 3 is 2.39 bits per heavy atom. The van der Waals surface area contributed by atoms with Crippen LogP contribution in [-0.2, 0) is 0 Å². The summed E-state index contributed by atoms with van der Waals surface area (Å²) in [5, 5.41) is 3.78. The third-order valence-corrected chi connectivity index (χ3v) is 3.36. The lowest BCUT2D eigenvalue weighted by atomic mass is 10.2. The first-order valence-electron chi connectivity index (χ1n) is 4.82. The van der Waals surface area contributed by atoms with E-state index in [2.05, 4.69) is 14.1 Å². The van der Waals surface area contributed by atoms with Gasteiger partial charge >= 0.3 is 0 Å². The summed E-state index contributed by atoms with van der Waals surface area (Å²) in [7, 11) is 3.08. The lowest BCUT2D eigenvalue weighted by Gasteiger charge is -2.12. The number of ether oxygens (including phenoxy) is 2. The number of rotatable bonds is 4. The molecule has 96 valence electrons. The number of nitrogens with one attached hydrogen (secondary N) is 1. The molecule has 1 heterocycles. The van der Waals surface area contributed by atoms with Crippen LogP contribution >= 0.6 is 34.9 Å². The van der Waals surface area contributed by atoms with E-state index in [9.17, 15) is 0 Å². The highest BCUT2D eigenvalue weighted by molar-refractivity contribution is 6.99.